The van der Waals surface area contributed by atoms with Crippen LogP contribution in [-0.2, 0) is 14.6 Å². The molecular weight excluding hydrogens is 495 g/mol. The number of hydrogen-bond acceptors (Lipinski definition) is 5. The number of sulfone groups is 1. The Bertz CT molecular complexity index is 601. The minimum atomic E-state index is -3.21. The monoisotopic (exact) mass is 534 g/mol. The second kappa shape index (κ2) is 12.7. The standard InChI is InChI=1S/C18H38N4O4S.HI/c1-9-10-11-14(12-20-16(23)26-17(2,3)4)22-15(19-7)21-13-18(5,6)27(8,24)25;/h14H,9-13H2,1-8H3,(H,20,23)(H2,19,21,22);1H. The fourth-order valence-corrected chi connectivity index (χ4v) is 2.35. The van der Waals surface area contributed by atoms with Crippen molar-refractivity contribution >= 4 is 45.9 Å². The average molecular weight is 535 g/mol. The molecule has 0 spiro atoms. The van der Waals surface area contributed by atoms with Gasteiger partial charge in [-0.15, -0.1) is 24.0 Å². The lowest BCUT2D eigenvalue weighted by Gasteiger charge is -2.27. The fourth-order valence-electron chi connectivity index (χ4n) is 2.01. The lowest BCUT2D eigenvalue weighted by atomic mass is 10.1. The predicted molar refractivity (Wildman–Crippen MR) is 126 cm³/mol. The second-order valence-electron chi connectivity index (χ2n) is 8.32. The summed E-state index contributed by atoms with van der Waals surface area (Å²) < 4.78 is 28.0. The zero-order valence-electron chi connectivity index (χ0n) is 18.5. The Balaban J connectivity index is 0. The van der Waals surface area contributed by atoms with Crippen LogP contribution in [0.4, 0.5) is 4.79 Å². The Kier molecular flexibility index (Phi) is 13.4. The number of nitrogens with one attached hydrogen (secondary N) is 3. The molecule has 8 nitrogen and oxygen atoms in total. The van der Waals surface area contributed by atoms with E-state index in [1.54, 1.807) is 20.9 Å². The minimum Gasteiger partial charge on any atom is -0.444 e. The van der Waals surface area contributed by atoms with Crippen molar-refractivity contribution in [3.8, 4) is 0 Å². The molecule has 0 saturated heterocycles. The largest absolute Gasteiger partial charge is 0.444 e. The molecule has 0 aromatic rings. The van der Waals surface area contributed by atoms with Crippen LogP contribution in [0.15, 0.2) is 4.99 Å². The van der Waals surface area contributed by atoms with E-state index < -0.39 is 26.3 Å². The Labute approximate surface area is 188 Å². The summed E-state index contributed by atoms with van der Waals surface area (Å²) in [7, 11) is -1.58. The van der Waals surface area contributed by atoms with Crippen LogP contribution in [0.25, 0.3) is 0 Å². The normalized spacial score (nSPS) is 13.9. The average Bonchev–Trinajstić information content (AvgIpc) is 2.50. The predicted octanol–water partition coefficient (Wildman–Crippen LogP) is 2.68. The van der Waals surface area contributed by atoms with Gasteiger partial charge in [-0.05, 0) is 41.0 Å². The number of carbonyl (C=O) groups is 1. The van der Waals surface area contributed by atoms with Crippen LogP contribution in [0.2, 0.25) is 0 Å². The van der Waals surface area contributed by atoms with Gasteiger partial charge in [-0.3, -0.25) is 4.99 Å². The van der Waals surface area contributed by atoms with E-state index in [2.05, 4.69) is 27.9 Å². The second-order valence-corrected chi connectivity index (χ2v) is 11.0. The number of unbranched alkanes of at least 4 members (excludes halogenated alkanes) is 1. The number of guanidine groups is 1. The van der Waals surface area contributed by atoms with Crippen molar-refractivity contribution in [1.29, 1.82) is 0 Å². The third-order valence-corrected chi connectivity index (χ3v) is 6.20. The van der Waals surface area contributed by atoms with Gasteiger partial charge in [0, 0.05) is 32.4 Å². The van der Waals surface area contributed by atoms with Crippen LogP contribution in [0, 0.1) is 0 Å². The molecule has 168 valence electrons. The van der Waals surface area contributed by atoms with Gasteiger partial charge in [0.05, 0.1) is 4.75 Å². The molecule has 0 aliphatic heterocycles. The highest BCUT2D eigenvalue weighted by Crippen LogP contribution is 2.13. The number of aliphatic imine (C=N–C) groups is 1. The zero-order valence-corrected chi connectivity index (χ0v) is 21.7. The number of carbonyl (C=O) groups excluding carboxylic acids is 1. The highest BCUT2D eigenvalue weighted by atomic mass is 127. The van der Waals surface area contributed by atoms with E-state index in [-0.39, 0.29) is 36.6 Å². The van der Waals surface area contributed by atoms with Crippen LogP contribution in [0.1, 0.15) is 60.8 Å². The molecule has 0 aliphatic rings. The molecule has 28 heavy (non-hydrogen) atoms. The highest BCUT2D eigenvalue weighted by molar-refractivity contribution is 14.0. The van der Waals surface area contributed by atoms with E-state index in [0.29, 0.717) is 12.5 Å². The van der Waals surface area contributed by atoms with Gasteiger partial charge in [0.15, 0.2) is 15.8 Å². The van der Waals surface area contributed by atoms with Gasteiger partial charge in [0.25, 0.3) is 0 Å². The Hall–Kier alpha value is -0.780. The van der Waals surface area contributed by atoms with E-state index in [1.807, 2.05) is 20.8 Å². The van der Waals surface area contributed by atoms with E-state index in [1.165, 1.54) is 6.26 Å². The summed E-state index contributed by atoms with van der Waals surface area (Å²) in [6.07, 6.45) is 3.60. The molecule has 3 N–H and O–H groups in total. The zero-order chi connectivity index (χ0) is 21.3. The first-order chi connectivity index (χ1) is 12.2. The summed E-state index contributed by atoms with van der Waals surface area (Å²) in [6, 6.07) is -0.0509. The summed E-state index contributed by atoms with van der Waals surface area (Å²) in [4.78, 5) is 16.0. The van der Waals surface area contributed by atoms with Crippen LogP contribution in [0.5, 0.6) is 0 Å². The Morgan fingerprint density at radius 3 is 2.14 bits per heavy atom. The minimum absolute atomic E-state index is 0. The Morgan fingerprint density at radius 2 is 1.71 bits per heavy atom. The number of ether oxygens (including phenoxy) is 1. The van der Waals surface area contributed by atoms with Crippen LogP contribution < -0.4 is 16.0 Å². The summed E-state index contributed by atoms with van der Waals surface area (Å²) in [5.74, 6) is 0.499. The van der Waals surface area contributed by atoms with Crippen molar-refractivity contribution in [2.24, 2.45) is 4.99 Å². The molecular formula is C18H39IN4O4S. The molecule has 10 heteroatoms. The quantitative estimate of drug-likeness (QED) is 0.239. The number of hydrogen-bond donors (Lipinski definition) is 3. The molecule has 0 fully saturated rings. The van der Waals surface area contributed by atoms with Crippen LogP contribution in [0.3, 0.4) is 0 Å². The smallest absolute Gasteiger partial charge is 0.407 e. The highest BCUT2D eigenvalue weighted by Gasteiger charge is 2.30. The summed E-state index contributed by atoms with van der Waals surface area (Å²) in [5, 5.41) is 9.09. The molecule has 0 heterocycles. The molecule has 0 aliphatic carbocycles. The molecule has 1 atom stereocenters. The third-order valence-electron chi connectivity index (χ3n) is 4.05. The van der Waals surface area contributed by atoms with E-state index >= 15 is 0 Å². The van der Waals surface area contributed by atoms with E-state index in [0.717, 1.165) is 19.3 Å². The first kappa shape index (κ1) is 29.4. The molecule has 0 radical (unpaired) electrons. The first-order valence-electron chi connectivity index (χ1n) is 9.35. The van der Waals surface area contributed by atoms with Gasteiger partial charge >= 0.3 is 6.09 Å². The maximum Gasteiger partial charge on any atom is 0.407 e. The third kappa shape index (κ3) is 12.6. The van der Waals surface area contributed by atoms with Gasteiger partial charge < -0.3 is 20.7 Å². The first-order valence-corrected chi connectivity index (χ1v) is 11.2. The van der Waals surface area contributed by atoms with Gasteiger partial charge in [-0.1, -0.05) is 19.8 Å². The summed E-state index contributed by atoms with van der Waals surface area (Å²) in [5.41, 5.74) is -0.550. The van der Waals surface area contributed by atoms with Crippen molar-refractivity contribution in [2.75, 3.05) is 26.4 Å². The molecule has 0 aromatic heterocycles. The molecule has 0 saturated carbocycles. The molecule has 0 rings (SSSR count). The topological polar surface area (TPSA) is 109 Å². The van der Waals surface area contributed by atoms with Gasteiger partial charge in [-0.2, -0.15) is 0 Å². The fraction of sp³-hybridized carbons (Fsp3) is 0.889. The van der Waals surface area contributed by atoms with Crippen molar-refractivity contribution in [3.63, 3.8) is 0 Å². The number of alkyl carbamates (subject to hydrolysis) is 1. The molecule has 1 unspecified atom stereocenters. The Morgan fingerprint density at radius 1 is 1.14 bits per heavy atom. The number of halogens is 1. The van der Waals surface area contributed by atoms with Crippen LogP contribution >= 0.6 is 24.0 Å². The lowest BCUT2D eigenvalue weighted by molar-refractivity contribution is 0.0522. The molecule has 1 amide bonds. The van der Waals surface area contributed by atoms with Crippen LogP contribution in [-0.4, -0.2) is 63.3 Å². The maximum atomic E-state index is 11.9. The van der Waals surface area contributed by atoms with Crippen molar-refractivity contribution in [2.45, 2.75) is 77.2 Å². The molecule has 0 aromatic carbocycles. The number of nitrogens with zero attached hydrogens (tertiary/aromatic N) is 1. The summed E-state index contributed by atoms with van der Waals surface area (Å²) >= 11 is 0. The van der Waals surface area contributed by atoms with Crippen molar-refractivity contribution in [3.05, 3.63) is 0 Å². The molecule has 0 bridgehead atoms. The van der Waals surface area contributed by atoms with Gasteiger partial charge in [0.2, 0.25) is 0 Å². The van der Waals surface area contributed by atoms with Crippen molar-refractivity contribution < 1.29 is 17.9 Å². The van der Waals surface area contributed by atoms with Crippen molar-refractivity contribution in [1.82, 2.24) is 16.0 Å². The number of rotatable bonds is 9. The SMILES string of the molecule is CCCCC(CNC(=O)OC(C)(C)C)NC(=NC)NCC(C)(C)S(C)(=O)=O.I. The van der Waals surface area contributed by atoms with Gasteiger partial charge in [0.1, 0.15) is 5.60 Å². The van der Waals surface area contributed by atoms with E-state index in [4.69, 9.17) is 4.74 Å². The lowest BCUT2D eigenvalue weighted by Crippen LogP contribution is -2.52. The van der Waals surface area contributed by atoms with Gasteiger partial charge in [-0.25, -0.2) is 13.2 Å². The number of amides is 1. The summed E-state index contributed by atoms with van der Waals surface area (Å²) in [6.45, 7) is 11.5. The maximum absolute atomic E-state index is 11.9. The van der Waals surface area contributed by atoms with E-state index in [9.17, 15) is 13.2 Å².